The van der Waals surface area contributed by atoms with Crippen LogP contribution < -0.4 is 0 Å². The minimum Gasteiger partial charge on any atom is -0.462 e. The van der Waals surface area contributed by atoms with E-state index in [1.54, 1.807) is 12.2 Å². The lowest BCUT2D eigenvalue weighted by Gasteiger charge is -2.70. The maximum Gasteiger partial charge on any atom is 0.302 e. The molecule has 43 heavy (non-hydrogen) atoms. The van der Waals surface area contributed by atoms with E-state index in [1.165, 1.54) is 12.5 Å². The van der Waals surface area contributed by atoms with Crippen molar-refractivity contribution in [2.75, 3.05) is 7.11 Å². The molecule has 0 aromatic carbocycles. The van der Waals surface area contributed by atoms with E-state index in [2.05, 4.69) is 54.5 Å². The zero-order valence-electron chi connectivity index (χ0n) is 28.4. The molecular formula is C37H57NO5. The Bertz CT molecular complexity index is 1240. The fourth-order valence-corrected chi connectivity index (χ4v) is 12.0. The van der Waals surface area contributed by atoms with E-state index in [0.717, 1.165) is 77.0 Å². The van der Waals surface area contributed by atoms with E-state index in [-0.39, 0.29) is 62.9 Å². The molecule has 0 radical (unpaired) electrons. The summed E-state index contributed by atoms with van der Waals surface area (Å²) in [6.07, 6.45) is 13.9. The highest BCUT2D eigenvalue weighted by Gasteiger charge is 2.70. The van der Waals surface area contributed by atoms with E-state index in [0.29, 0.717) is 11.7 Å². The maximum atomic E-state index is 14.7. The first-order chi connectivity index (χ1) is 20.0. The molecule has 0 heterocycles. The molecule has 0 saturated heterocycles. The van der Waals surface area contributed by atoms with Crippen LogP contribution in [0.5, 0.6) is 0 Å². The lowest BCUT2D eigenvalue weighted by molar-refractivity contribution is -0.215. The molecule has 6 nitrogen and oxygen atoms in total. The van der Waals surface area contributed by atoms with Crippen LogP contribution in [0, 0.1) is 50.2 Å². The second-order valence-electron chi connectivity index (χ2n) is 17.6. The molecule has 0 aromatic heterocycles. The fraction of sp³-hybridized carbons (Fsp3) is 0.865. The van der Waals surface area contributed by atoms with Crippen LogP contribution in [0.15, 0.2) is 11.6 Å². The first kappa shape index (κ1) is 31.3. The second-order valence-corrected chi connectivity index (χ2v) is 17.6. The van der Waals surface area contributed by atoms with Crippen LogP contribution in [0.25, 0.3) is 0 Å². The Hall–Kier alpha value is -1.69. The number of hydrogen-bond acceptors (Lipinski definition) is 5. The maximum absolute atomic E-state index is 14.7. The zero-order valence-corrected chi connectivity index (χ0v) is 28.4. The summed E-state index contributed by atoms with van der Waals surface area (Å²) >= 11 is 0. The summed E-state index contributed by atoms with van der Waals surface area (Å²) in [6, 6.07) is 0.200. The van der Waals surface area contributed by atoms with Crippen LogP contribution in [0.2, 0.25) is 0 Å². The molecule has 5 saturated carbocycles. The third-order valence-corrected chi connectivity index (χ3v) is 15.1. The van der Waals surface area contributed by atoms with Gasteiger partial charge in [0.25, 0.3) is 5.91 Å². The third-order valence-electron chi connectivity index (χ3n) is 15.1. The Balaban J connectivity index is 1.36. The van der Waals surface area contributed by atoms with Crippen molar-refractivity contribution in [3.63, 3.8) is 0 Å². The number of allylic oxidation sites excluding steroid dienone is 2. The molecule has 6 heteroatoms. The van der Waals surface area contributed by atoms with Gasteiger partial charge in [-0.3, -0.25) is 19.2 Å². The van der Waals surface area contributed by atoms with Gasteiger partial charge in [-0.2, -0.15) is 0 Å². The van der Waals surface area contributed by atoms with Crippen LogP contribution >= 0.6 is 0 Å². The number of hydrogen-bond donors (Lipinski definition) is 0. The highest BCUT2D eigenvalue weighted by atomic mass is 16.7. The Morgan fingerprint density at radius 1 is 0.884 bits per heavy atom. The van der Waals surface area contributed by atoms with Crippen molar-refractivity contribution < 1.29 is 24.0 Å². The Labute approximate surface area is 260 Å². The topological polar surface area (TPSA) is 72.9 Å². The molecule has 6 aliphatic carbocycles. The molecule has 1 unspecified atom stereocenters. The average molecular weight is 596 g/mol. The smallest absolute Gasteiger partial charge is 0.302 e. The SMILES string of the molecule is CON(C(=O)[C@@]1(C)CC[C@]2(C)CC[C@]3(C)C(=CC(=O)[C@@H]4[C@@]5(C)CC[C@H](OC(C)=O)C(C)(C)C5CC[C@]43C)[C@@H]2C1)C1CCC1. The lowest BCUT2D eigenvalue weighted by Crippen LogP contribution is -2.67. The quantitative estimate of drug-likeness (QED) is 0.245. The van der Waals surface area contributed by atoms with Crippen LogP contribution in [0.4, 0.5) is 0 Å². The largest absolute Gasteiger partial charge is 0.462 e. The van der Waals surface area contributed by atoms with Crippen molar-refractivity contribution in [3.05, 3.63) is 11.6 Å². The number of ketones is 1. The predicted molar refractivity (Wildman–Crippen MR) is 166 cm³/mol. The molecule has 0 bridgehead atoms. The number of hydroxylamine groups is 2. The summed E-state index contributed by atoms with van der Waals surface area (Å²) in [5.41, 5.74) is 0.396. The van der Waals surface area contributed by atoms with E-state index < -0.39 is 5.41 Å². The number of carbonyl (C=O) groups is 3. The van der Waals surface area contributed by atoms with Crippen LogP contribution in [0.3, 0.4) is 0 Å². The minimum absolute atomic E-state index is 0.0476. The van der Waals surface area contributed by atoms with Gasteiger partial charge in [0.05, 0.1) is 13.2 Å². The van der Waals surface area contributed by atoms with Gasteiger partial charge in [-0.1, -0.05) is 54.0 Å². The fourth-order valence-electron chi connectivity index (χ4n) is 12.0. The summed E-state index contributed by atoms with van der Waals surface area (Å²) in [5, 5.41) is 1.70. The van der Waals surface area contributed by atoms with E-state index in [4.69, 9.17) is 9.57 Å². The van der Waals surface area contributed by atoms with Gasteiger partial charge in [-0.05, 0) is 117 Å². The van der Waals surface area contributed by atoms with Crippen molar-refractivity contribution in [2.45, 2.75) is 145 Å². The molecule has 1 amide bonds. The second kappa shape index (κ2) is 9.90. The molecule has 0 spiro atoms. The Morgan fingerprint density at radius 2 is 1.56 bits per heavy atom. The molecular weight excluding hydrogens is 538 g/mol. The molecule has 5 fully saturated rings. The minimum atomic E-state index is -0.488. The molecule has 6 aliphatic rings. The first-order valence-corrected chi connectivity index (χ1v) is 17.3. The van der Waals surface area contributed by atoms with Crippen LogP contribution in [-0.4, -0.2) is 42.0 Å². The van der Waals surface area contributed by atoms with Crippen molar-refractivity contribution in [1.82, 2.24) is 5.06 Å². The molecule has 0 N–H and O–H groups in total. The van der Waals surface area contributed by atoms with Gasteiger partial charge in [0.15, 0.2) is 5.78 Å². The third kappa shape index (κ3) is 4.23. The van der Waals surface area contributed by atoms with Gasteiger partial charge in [0, 0.05) is 23.7 Å². The van der Waals surface area contributed by atoms with Crippen LogP contribution in [-0.2, 0) is 24.0 Å². The number of amides is 1. The summed E-state index contributed by atoms with van der Waals surface area (Å²) in [5.74, 6) is 0.724. The van der Waals surface area contributed by atoms with Gasteiger partial charge in [-0.15, -0.1) is 0 Å². The highest BCUT2D eigenvalue weighted by molar-refractivity contribution is 5.95. The predicted octanol–water partition coefficient (Wildman–Crippen LogP) is 7.84. The number of nitrogens with zero attached hydrogens (tertiary/aromatic N) is 1. The number of esters is 1. The molecule has 9 atom stereocenters. The monoisotopic (exact) mass is 595 g/mol. The molecule has 6 rings (SSSR count). The number of carbonyl (C=O) groups excluding carboxylic acids is 3. The summed E-state index contributed by atoms with van der Waals surface area (Å²) in [7, 11) is 1.64. The van der Waals surface area contributed by atoms with E-state index >= 15 is 0 Å². The van der Waals surface area contributed by atoms with Crippen LogP contribution in [0.1, 0.15) is 132 Å². The zero-order chi connectivity index (χ0) is 31.4. The van der Waals surface area contributed by atoms with Gasteiger partial charge in [0.2, 0.25) is 0 Å². The average Bonchev–Trinajstić information content (AvgIpc) is 2.89. The number of ether oxygens (including phenoxy) is 1. The number of rotatable bonds is 4. The first-order valence-electron chi connectivity index (χ1n) is 17.3. The van der Waals surface area contributed by atoms with Crippen molar-refractivity contribution in [1.29, 1.82) is 0 Å². The summed E-state index contributed by atoms with van der Waals surface area (Å²) in [4.78, 5) is 46.5. The van der Waals surface area contributed by atoms with Gasteiger partial charge in [-0.25, -0.2) is 5.06 Å². The Kier molecular flexibility index (Phi) is 7.21. The van der Waals surface area contributed by atoms with E-state index in [1.807, 2.05) is 0 Å². The highest BCUT2D eigenvalue weighted by Crippen LogP contribution is 2.75. The van der Waals surface area contributed by atoms with Crippen molar-refractivity contribution in [2.24, 2.45) is 50.2 Å². The normalized spacial score (nSPS) is 47.1. The van der Waals surface area contributed by atoms with Gasteiger partial charge >= 0.3 is 5.97 Å². The molecule has 240 valence electrons. The summed E-state index contributed by atoms with van der Waals surface area (Å²) in [6.45, 7) is 17.9. The number of fused-ring (bicyclic) bond motifs is 7. The summed E-state index contributed by atoms with van der Waals surface area (Å²) < 4.78 is 5.88. The van der Waals surface area contributed by atoms with Crippen molar-refractivity contribution >= 4 is 17.7 Å². The van der Waals surface area contributed by atoms with Crippen molar-refractivity contribution in [3.8, 4) is 0 Å². The lowest BCUT2D eigenvalue weighted by atomic mass is 9.33. The standard InChI is InChI=1S/C37H57NO5/c1-23(39)43-29-14-15-35(6)28(32(29,2)3)13-16-37(8)30(35)27(40)21-25-26-22-34(5,31(41)38(42-9)24-11-10-12-24)18-17-33(26,4)19-20-36(25,37)7/h21,24,26,28-30H,10-20,22H2,1-9H3/t26-,28?,29-,30+,33+,34-,35-,36+,37+/m0/s1. The molecule has 0 aliphatic heterocycles. The van der Waals surface area contributed by atoms with Gasteiger partial charge in [0.1, 0.15) is 6.10 Å². The Morgan fingerprint density at radius 3 is 2.16 bits per heavy atom. The van der Waals surface area contributed by atoms with Gasteiger partial charge < -0.3 is 4.74 Å². The van der Waals surface area contributed by atoms with E-state index in [9.17, 15) is 14.4 Å². The molecule has 0 aromatic rings.